The smallest absolute Gasteiger partial charge is 0.0725 e. The van der Waals surface area contributed by atoms with E-state index in [1.165, 1.54) is 117 Å². The molecule has 0 aromatic heterocycles. The van der Waals surface area contributed by atoms with Crippen LogP contribution in [0, 0.1) is 10.8 Å². The van der Waals surface area contributed by atoms with Crippen LogP contribution in [-0.4, -0.2) is 0 Å². The maximum absolute atomic E-state index is 2.55. The van der Waals surface area contributed by atoms with Crippen molar-refractivity contribution in [1.29, 1.82) is 0 Å². The van der Waals surface area contributed by atoms with Crippen molar-refractivity contribution in [2.75, 3.05) is 4.90 Å². The van der Waals surface area contributed by atoms with Crippen LogP contribution in [0.25, 0.3) is 66.8 Å². The third kappa shape index (κ3) is 7.12. The van der Waals surface area contributed by atoms with Crippen molar-refractivity contribution >= 4 is 17.1 Å². The van der Waals surface area contributed by atoms with Gasteiger partial charge in [0.1, 0.15) is 0 Å². The van der Waals surface area contributed by atoms with Gasteiger partial charge in [0.2, 0.25) is 0 Å². The number of anilines is 3. The Hall–Kier alpha value is -8.00. The number of fused-ring (bicyclic) bond motifs is 16. The monoisotopic (exact) mass is 1010 g/mol. The van der Waals surface area contributed by atoms with E-state index in [9.17, 15) is 0 Å². The molecule has 4 aliphatic rings. The molecule has 78 heavy (non-hydrogen) atoms. The van der Waals surface area contributed by atoms with E-state index >= 15 is 0 Å². The van der Waals surface area contributed by atoms with E-state index < -0.39 is 5.41 Å². The topological polar surface area (TPSA) is 3.24 Å². The zero-order chi connectivity index (χ0) is 53.7. The van der Waals surface area contributed by atoms with E-state index in [0.717, 1.165) is 23.5 Å². The van der Waals surface area contributed by atoms with Gasteiger partial charge in [0, 0.05) is 27.9 Å². The van der Waals surface area contributed by atoms with Gasteiger partial charge in [0.15, 0.2) is 0 Å². The number of nitrogens with zero attached hydrogens (tertiary/aromatic N) is 1. The summed E-state index contributed by atoms with van der Waals surface area (Å²) in [5.74, 6) is 0.432. The van der Waals surface area contributed by atoms with Gasteiger partial charge in [-0.2, -0.15) is 0 Å². The molecule has 1 nitrogen and oxygen atoms in total. The Kier molecular flexibility index (Phi) is 10.5. The van der Waals surface area contributed by atoms with Crippen molar-refractivity contribution < 1.29 is 0 Å². The van der Waals surface area contributed by atoms with Gasteiger partial charge in [-0.3, -0.25) is 0 Å². The van der Waals surface area contributed by atoms with Gasteiger partial charge in [-0.25, -0.2) is 0 Å². The Morgan fingerprint density at radius 2 is 0.692 bits per heavy atom. The minimum Gasteiger partial charge on any atom is -0.310 e. The van der Waals surface area contributed by atoms with Gasteiger partial charge in [-0.05, 0) is 189 Å². The summed E-state index contributed by atoms with van der Waals surface area (Å²) < 4.78 is 0. The van der Waals surface area contributed by atoms with E-state index in [4.69, 9.17) is 0 Å². The van der Waals surface area contributed by atoms with E-state index in [1.54, 1.807) is 0 Å². The number of hydrogen-bond acceptors (Lipinski definition) is 1. The van der Waals surface area contributed by atoms with Crippen LogP contribution in [-0.2, 0) is 16.2 Å². The molecule has 0 bridgehead atoms. The quantitative estimate of drug-likeness (QED) is 0.154. The molecule has 0 aliphatic heterocycles. The first-order chi connectivity index (χ1) is 37.4. The van der Waals surface area contributed by atoms with Crippen molar-refractivity contribution in [2.45, 2.75) is 97.8 Å². The lowest BCUT2D eigenvalue weighted by Gasteiger charge is -2.36. The Labute approximate surface area is 463 Å². The van der Waals surface area contributed by atoms with Gasteiger partial charge >= 0.3 is 0 Å². The van der Waals surface area contributed by atoms with Gasteiger partial charge in [-0.1, -0.05) is 239 Å². The van der Waals surface area contributed by atoms with Crippen LogP contribution in [0.3, 0.4) is 0 Å². The number of benzene rings is 10. The molecule has 0 saturated heterocycles. The molecule has 2 atom stereocenters. The minimum absolute atomic E-state index is 0.127. The molecule has 0 fully saturated rings. The van der Waals surface area contributed by atoms with Crippen LogP contribution in [0.15, 0.2) is 218 Å². The summed E-state index contributed by atoms with van der Waals surface area (Å²) in [6, 6.07) is 84.1. The Balaban J connectivity index is 0.896. The molecular weight excluding hydrogens is 939 g/mol. The van der Waals surface area contributed by atoms with E-state index in [2.05, 4.69) is 293 Å². The molecule has 10 aromatic carbocycles. The van der Waals surface area contributed by atoms with Crippen molar-refractivity contribution in [2.24, 2.45) is 10.8 Å². The fraction of sp³-hybridized carbons (Fsp3) is 0.221. The van der Waals surface area contributed by atoms with Crippen LogP contribution < -0.4 is 4.90 Å². The maximum atomic E-state index is 2.55. The van der Waals surface area contributed by atoms with E-state index in [1.807, 2.05) is 0 Å². The van der Waals surface area contributed by atoms with Gasteiger partial charge < -0.3 is 4.90 Å². The van der Waals surface area contributed by atoms with Crippen LogP contribution in [0.2, 0.25) is 0 Å². The first-order valence-corrected chi connectivity index (χ1v) is 28.4. The van der Waals surface area contributed by atoms with Gasteiger partial charge in [0.05, 0.1) is 5.41 Å². The average Bonchev–Trinajstić information content (AvgIpc) is 4.14. The van der Waals surface area contributed by atoms with Gasteiger partial charge in [-0.15, -0.1) is 0 Å². The van der Waals surface area contributed by atoms with E-state index in [-0.39, 0.29) is 21.7 Å². The molecule has 4 aliphatic carbocycles. The largest absolute Gasteiger partial charge is 0.310 e. The fourth-order valence-corrected chi connectivity index (χ4v) is 14.9. The second-order valence-electron chi connectivity index (χ2n) is 26.4. The normalized spacial score (nSPS) is 16.8. The van der Waals surface area contributed by atoms with E-state index in [0.29, 0.717) is 5.92 Å². The SMILES string of the molecule is CC(C)(C)CC(c1cccc(-c2ccc3c(c2)C2(c4ccccc4-c4ccc(-c5ccc(N(c6ccc7c(c6)C(C)(C)c6ccccc6-7)c6ccc7c(c6)C(C)(C)c6ccccc6-7)cc5)cc42)c2ccccc2-3)c1)C(C)(C)C. The van der Waals surface area contributed by atoms with Crippen molar-refractivity contribution in [3.63, 3.8) is 0 Å². The van der Waals surface area contributed by atoms with Crippen LogP contribution in [0.5, 0.6) is 0 Å². The zero-order valence-electron chi connectivity index (χ0n) is 47.0. The van der Waals surface area contributed by atoms with Crippen molar-refractivity contribution in [3.8, 4) is 66.8 Å². The highest BCUT2D eigenvalue weighted by Crippen LogP contribution is 2.64. The third-order valence-corrected chi connectivity index (χ3v) is 18.7. The molecule has 1 heteroatoms. The zero-order valence-corrected chi connectivity index (χ0v) is 47.0. The highest BCUT2D eigenvalue weighted by atomic mass is 15.1. The summed E-state index contributed by atoms with van der Waals surface area (Å²) >= 11 is 0. The molecule has 1 spiro atoms. The first kappa shape index (κ1) is 48.4. The summed E-state index contributed by atoms with van der Waals surface area (Å²) in [6.45, 7) is 23.9. The molecule has 14 rings (SSSR count). The second kappa shape index (κ2) is 17.0. The number of rotatable bonds is 7. The maximum Gasteiger partial charge on any atom is 0.0725 e. The van der Waals surface area contributed by atoms with Crippen molar-refractivity contribution in [1.82, 2.24) is 0 Å². The molecule has 0 N–H and O–H groups in total. The molecule has 0 heterocycles. The lowest BCUT2D eigenvalue weighted by Crippen LogP contribution is -2.26. The molecule has 0 radical (unpaired) electrons. The molecule has 0 amide bonds. The third-order valence-electron chi connectivity index (χ3n) is 18.7. The summed E-state index contributed by atoms with van der Waals surface area (Å²) in [6.07, 6.45) is 1.13. The Bertz CT molecular complexity index is 3970. The lowest BCUT2D eigenvalue weighted by molar-refractivity contribution is 0.229. The first-order valence-electron chi connectivity index (χ1n) is 28.4. The average molecular weight is 1010 g/mol. The van der Waals surface area contributed by atoms with Crippen LogP contribution in [0.4, 0.5) is 17.1 Å². The summed E-state index contributed by atoms with van der Waals surface area (Å²) in [7, 11) is 0. The molecule has 2 unspecified atom stereocenters. The van der Waals surface area contributed by atoms with Crippen LogP contribution >= 0.6 is 0 Å². The summed E-state index contributed by atoms with van der Waals surface area (Å²) in [5, 5.41) is 0. The molecular formula is C77H69N. The molecule has 10 aromatic rings. The summed E-state index contributed by atoms with van der Waals surface area (Å²) in [5.41, 5.74) is 31.0. The van der Waals surface area contributed by atoms with Gasteiger partial charge in [0.25, 0.3) is 0 Å². The predicted molar refractivity (Wildman–Crippen MR) is 330 cm³/mol. The highest BCUT2D eigenvalue weighted by Gasteiger charge is 2.52. The number of hydrogen-bond donors (Lipinski definition) is 0. The van der Waals surface area contributed by atoms with Crippen molar-refractivity contribution in [3.05, 3.63) is 268 Å². The Morgan fingerprint density at radius 3 is 1.17 bits per heavy atom. The Morgan fingerprint density at radius 1 is 0.321 bits per heavy atom. The summed E-state index contributed by atoms with van der Waals surface area (Å²) in [4.78, 5) is 2.49. The minimum atomic E-state index is -0.486. The predicted octanol–water partition coefficient (Wildman–Crippen LogP) is 21.0. The highest BCUT2D eigenvalue weighted by molar-refractivity contribution is 5.97. The van der Waals surface area contributed by atoms with Crippen LogP contribution in [0.1, 0.15) is 132 Å². The molecule has 382 valence electrons. The standard InChI is InChI=1S/C77H69N/c1-73(2,3)47-72(74(4,5)6)52-21-19-20-49(42-52)51-33-39-63-59-25-14-18-29-67(59)77(71(63)44-51)66-28-17-13-24-58(66)62-38-32-50(43-70(62)77)48-30-34-53(35-31-48)78(54-36-40-60-56-22-11-15-26-64(56)75(7,8)68(60)45-54)55-37-41-61-57-23-12-16-27-65(57)76(9,10)69(61)46-55/h11-46,72H,47H2,1-10H3. The molecule has 0 saturated carbocycles. The fourth-order valence-electron chi connectivity index (χ4n) is 14.9. The lowest BCUT2D eigenvalue weighted by atomic mass is 9.68. The second-order valence-corrected chi connectivity index (χ2v) is 26.4.